The Bertz CT molecular complexity index is 706. The number of aromatic nitrogens is 2. The topological polar surface area (TPSA) is 108 Å². The summed E-state index contributed by atoms with van der Waals surface area (Å²) in [5, 5.41) is 9.46. The molecule has 9 nitrogen and oxygen atoms in total. The molecule has 2 aliphatic heterocycles. The lowest BCUT2D eigenvalue weighted by atomic mass is 9.84. The van der Waals surface area contributed by atoms with Crippen LogP contribution in [-0.2, 0) is 9.53 Å². The Hall–Kier alpha value is -2.58. The van der Waals surface area contributed by atoms with Crippen LogP contribution in [0, 0.1) is 5.92 Å². The van der Waals surface area contributed by atoms with Gasteiger partial charge in [0.25, 0.3) is 5.91 Å². The molecule has 0 atom stereocenters. The van der Waals surface area contributed by atoms with E-state index in [-0.39, 0.29) is 35.9 Å². The summed E-state index contributed by atoms with van der Waals surface area (Å²) >= 11 is 0. The number of carbonyl (C=O) groups is 3. The molecule has 3 aliphatic rings. The molecule has 2 N–H and O–H groups in total. The van der Waals surface area contributed by atoms with Gasteiger partial charge in [0.15, 0.2) is 0 Å². The monoisotopic (exact) mass is 389 g/mol. The minimum Gasteiger partial charge on any atom is -0.448 e. The van der Waals surface area contributed by atoms with Crippen LogP contribution in [0.25, 0.3) is 0 Å². The van der Waals surface area contributed by atoms with E-state index in [1.54, 1.807) is 11.1 Å². The number of nitrogens with zero attached hydrogens (tertiary/aromatic N) is 3. The maximum absolute atomic E-state index is 12.9. The summed E-state index contributed by atoms with van der Waals surface area (Å²) in [5.74, 6) is 0.142. The van der Waals surface area contributed by atoms with E-state index in [4.69, 9.17) is 4.74 Å². The predicted molar refractivity (Wildman–Crippen MR) is 99.5 cm³/mol. The molecular formula is C19H27N5O4. The van der Waals surface area contributed by atoms with Crippen molar-refractivity contribution in [3.8, 4) is 0 Å². The summed E-state index contributed by atoms with van der Waals surface area (Å²) in [7, 11) is 0. The van der Waals surface area contributed by atoms with Crippen molar-refractivity contribution in [2.75, 3.05) is 26.2 Å². The highest BCUT2D eigenvalue weighted by Gasteiger charge is 2.35. The maximum atomic E-state index is 12.9. The van der Waals surface area contributed by atoms with Crippen LogP contribution in [0.1, 0.15) is 48.9 Å². The van der Waals surface area contributed by atoms with E-state index in [2.05, 4.69) is 15.5 Å². The van der Waals surface area contributed by atoms with Gasteiger partial charge in [0, 0.05) is 37.3 Å². The van der Waals surface area contributed by atoms with Crippen LogP contribution in [0.5, 0.6) is 0 Å². The zero-order valence-corrected chi connectivity index (χ0v) is 15.9. The lowest BCUT2D eigenvalue weighted by Gasteiger charge is -2.38. The smallest absolute Gasteiger partial charge is 0.410 e. The number of carbonyl (C=O) groups excluding carboxylic acids is 3. The number of aromatic amines is 1. The van der Waals surface area contributed by atoms with E-state index in [9.17, 15) is 14.4 Å². The summed E-state index contributed by atoms with van der Waals surface area (Å²) in [5.41, 5.74) is 0.531. The Morgan fingerprint density at radius 3 is 2.46 bits per heavy atom. The van der Waals surface area contributed by atoms with E-state index in [0.29, 0.717) is 31.8 Å². The Kier molecular flexibility index (Phi) is 5.50. The summed E-state index contributed by atoms with van der Waals surface area (Å²) in [6.07, 6.45) is 7.73. The van der Waals surface area contributed by atoms with Gasteiger partial charge in [0.2, 0.25) is 5.91 Å². The number of hydrogen-bond donors (Lipinski definition) is 2. The molecule has 28 heavy (non-hydrogen) atoms. The highest BCUT2D eigenvalue weighted by Crippen LogP contribution is 2.28. The van der Waals surface area contributed by atoms with Gasteiger partial charge in [-0.15, -0.1) is 0 Å². The number of likely N-dealkylation sites (tertiary alicyclic amines) is 1. The van der Waals surface area contributed by atoms with Crippen molar-refractivity contribution in [2.45, 2.75) is 50.6 Å². The van der Waals surface area contributed by atoms with Crippen LogP contribution in [-0.4, -0.2) is 76.2 Å². The fourth-order valence-electron chi connectivity index (χ4n) is 4.52. The van der Waals surface area contributed by atoms with Gasteiger partial charge >= 0.3 is 6.09 Å². The van der Waals surface area contributed by atoms with Crippen LogP contribution >= 0.6 is 0 Å². The molecule has 0 unspecified atom stereocenters. The fourth-order valence-corrected chi connectivity index (χ4v) is 4.52. The molecule has 0 spiro atoms. The average molecular weight is 389 g/mol. The quantitative estimate of drug-likeness (QED) is 0.803. The first-order valence-electron chi connectivity index (χ1n) is 10.1. The summed E-state index contributed by atoms with van der Waals surface area (Å²) < 4.78 is 5.02. The molecule has 3 fully saturated rings. The number of ether oxygens (including phenoxy) is 1. The Morgan fingerprint density at radius 2 is 1.86 bits per heavy atom. The van der Waals surface area contributed by atoms with E-state index in [0.717, 1.165) is 38.5 Å². The van der Waals surface area contributed by atoms with E-state index < -0.39 is 0 Å². The zero-order chi connectivity index (χ0) is 19.5. The number of hydrogen-bond acceptors (Lipinski definition) is 5. The number of piperidine rings is 1. The SMILES string of the molecule is O=C(NC1CCC(C(=O)N2CCC(N3CCOC3=O)CC2)CC1)c1cn[nH]c1. The lowest BCUT2D eigenvalue weighted by Crippen LogP contribution is -2.49. The van der Waals surface area contributed by atoms with E-state index in [1.807, 2.05) is 4.90 Å². The van der Waals surface area contributed by atoms with Crippen molar-refractivity contribution in [1.82, 2.24) is 25.3 Å². The molecule has 0 radical (unpaired) electrons. The predicted octanol–water partition coefficient (Wildman–Crippen LogP) is 1.14. The van der Waals surface area contributed by atoms with Gasteiger partial charge < -0.3 is 19.9 Å². The molecule has 3 heterocycles. The Morgan fingerprint density at radius 1 is 1.11 bits per heavy atom. The summed E-state index contributed by atoms with van der Waals surface area (Å²) in [6.45, 7) is 2.53. The van der Waals surface area contributed by atoms with Crippen molar-refractivity contribution >= 4 is 17.9 Å². The largest absolute Gasteiger partial charge is 0.448 e. The van der Waals surface area contributed by atoms with Gasteiger partial charge in [-0.1, -0.05) is 0 Å². The third kappa shape index (κ3) is 3.98. The van der Waals surface area contributed by atoms with Crippen LogP contribution in [0.4, 0.5) is 4.79 Å². The first kappa shape index (κ1) is 18.8. The third-order valence-corrected chi connectivity index (χ3v) is 6.18. The van der Waals surface area contributed by atoms with Crippen molar-refractivity contribution in [3.05, 3.63) is 18.0 Å². The second kappa shape index (κ2) is 8.20. The second-order valence-corrected chi connectivity index (χ2v) is 7.87. The van der Waals surface area contributed by atoms with Crippen LogP contribution in [0.3, 0.4) is 0 Å². The number of H-pyrrole nitrogens is 1. The first-order valence-corrected chi connectivity index (χ1v) is 10.1. The number of amides is 3. The van der Waals surface area contributed by atoms with Crippen molar-refractivity contribution < 1.29 is 19.1 Å². The molecule has 1 aliphatic carbocycles. The Balaban J connectivity index is 1.21. The van der Waals surface area contributed by atoms with Gasteiger partial charge in [-0.2, -0.15) is 5.10 Å². The molecule has 1 saturated carbocycles. The lowest BCUT2D eigenvalue weighted by molar-refractivity contribution is -0.138. The maximum Gasteiger partial charge on any atom is 0.410 e. The number of cyclic esters (lactones) is 1. The van der Waals surface area contributed by atoms with Gasteiger partial charge in [0.05, 0.1) is 18.3 Å². The van der Waals surface area contributed by atoms with Gasteiger partial charge in [-0.05, 0) is 38.5 Å². The molecule has 3 amide bonds. The van der Waals surface area contributed by atoms with Crippen LogP contribution < -0.4 is 5.32 Å². The highest BCUT2D eigenvalue weighted by molar-refractivity contribution is 5.93. The molecule has 1 aromatic heterocycles. The van der Waals surface area contributed by atoms with Crippen molar-refractivity contribution in [1.29, 1.82) is 0 Å². The molecular weight excluding hydrogens is 362 g/mol. The van der Waals surface area contributed by atoms with Gasteiger partial charge in [-0.3, -0.25) is 14.7 Å². The van der Waals surface area contributed by atoms with Crippen molar-refractivity contribution in [3.63, 3.8) is 0 Å². The van der Waals surface area contributed by atoms with E-state index in [1.165, 1.54) is 6.20 Å². The van der Waals surface area contributed by atoms with Gasteiger partial charge in [-0.25, -0.2) is 4.79 Å². The molecule has 1 aromatic rings. The Labute approximate surface area is 163 Å². The second-order valence-electron chi connectivity index (χ2n) is 7.87. The zero-order valence-electron chi connectivity index (χ0n) is 15.9. The van der Waals surface area contributed by atoms with Gasteiger partial charge in [0.1, 0.15) is 6.61 Å². The minimum absolute atomic E-state index is 0.0374. The molecule has 4 rings (SSSR count). The summed E-state index contributed by atoms with van der Waals surface area (Å²) in [4.78, 5) is 40.5. The third-order valence-electron chi connectivity index (χ3n) is 6.18. The standard InChI is InChI=1S/C19H27N5O4/c25-17(14-11-20-21-12-14)22-15-3-1-13(2-4-15)18(26)23-7-5-16(6-8-23)24-9-10-28-19(24)27/h11-13,15-16H,1-10H2,(H,20,21)(H,22,25). The number of nitrogens with one attached hydrogen (secondary N) is 2. The molecule has 0 bridgehead atoms. The van der Waals surface area contributed by atoms with Crippen LogP contribution in [0.2, 0.25) is 0 Å². The summed E-state index contributed by atoms with van der Waals surface area (Å²) in [6, 6.07) is 0.297. The normalized spacial score (nSPS) is 26.2. The molecule has 0 aromatic carbocycles. The first-order chi connectivity index (χ1) is 13.6. The highest BCUT2D eigenvalue weighted by atomic mass is 16.6. The molecule has 2 saturated heterocycles. The van der Waals surface area contributed by atoms with Crippen molar-refractivity contribution in [2.24, 2.45) is 5.92 Å². The molecule has 9 heteroatoms. The molecule has 152 valence electrons. The van der Waals surface area contributed by atoms with Crippen LogP contribution in [0.15, 0.2) is 12.4 Å². The minimum atomic E-state index is -0.222. The fraction of sp³-hybridized carbons (Fsp3) is 0.684. The number of rotatable bonds is 4. The average Bonchev–Trinajstić information content (AvgIpc) is 3.40. The van der Waals surface area contributed by atoms with E-state index >= 15 is 0 Å².